The zero-order chi connectivity index (χ0) is 26.7. The minimum absolute atomic E-state index is 0.157. The van der Waals surface area contributed by atoms with Crippen molar-refractivity contribution in [3.63, 3.8) is 0 Å². The lowest BCUT2D eigenvalue weighted by molar-refractivity contribution is 0.0711. The minimum Gasteiger partial charge on any atom is -0.331 e. The lowest BCUT2D eigenvalue weighted by Gasteiger charge is -2.38. The number of likely N-dealkylation sites (tertiary alicyclic amines) is 1. The molecule has 1 saturated heterocycles. The van der Waals surface area contributed by atoms with Crippen LogP contribution in [0.5, 0.6) is 0 Å². The standard InChI is InChI=1S/C30H40F2N4O/c1-6-13-36-27-11-8-22(18-34-14-7-12-30(4,5)20-34)15-26(27)33-28(36)19-35(17-21(2)3)29(37)24-16-23(31)9-10-25(24)32/h8-11,15-16,21H,6-7,12-14,17-20H2,1-5H3. The van der Waals surface area contributed by atoms with E-state index in [1.54, 1.807) is 4.90 Å². The maximum atomic E-state index is 14.5. The Morgan fingerprint density at radius 3 is 2.65 bits per heavy atom. The average Bonchev–Trinajstić information content (AvgIpc) is 3.15. The molecular formula is C30H40F2N4O. The number of piperidine rings is 1. The molecule has 2 heterocycles. The molecule has 200 valence electrons. The second-order valence-electron chi connectivity index (χ2n) is 11.7. The van der Waals surface area contributed by atoms with Crippen molar-refractivity contribution >= 4 is 16.9 Å². The van der Waals surface area contributed by atoms with Gasteiger partial charge in [-0.2, -0.15) is 0 Å². The number of benzene rings is 2. The van der Waals surface area contributed by atoms with E-state index >= 15 is 0 Å². The summed E-state index contributed by atoms with van der Waals surface area (Å²) in [6, 6.07) is 9.49. The van der Waals surface area contributed by atoms with Crippen LogP contribution in [-0.4, -0.2) is 44.9 Å². The van der Waals surface area contributed by atoms with E-state index in [4.69, 9.17) is 4.98 Å². The van der Waals surface area contributed by atoms with Crippen LogP contribution >= 0.6 is 0 Å². The van der Waals surface area contributed by atoms with Crippen molar-refractivity contribution in [2.24, 2.45) is 11.3 Å². The van der Waals surface area contributed by atoms with Gasteiger partial charge < -0.3 is 9.47 Å². The van der Waals surface area contributed by atoms with Crippen LogP contribution in [0.25, 0.3) is 11.0 Å². The largest absolute Gasteiger partial charge is 0.331 e. The van der Waals surface area contributed by atoms with E-state index in [1.807, 2.05) is 13.8 Å². The third-order valence-electron chi connectivity index (χ3n) is 7.09. The van der Waals surface area contributed by atoms with Crippen molar-refractivity contribution in [2.75, 3.05) is 19.6 Å². The smallest absolute Gasteiger partial charge is 0.257 e. The van der Waals surface area contributed by atoms with Crippen LogP contribution in [0.4, 0.5) is 8.78 Å². The summed E-state index contributed by atoms with van der Waals surface area (Å²) >= 11 is 0. The molecule has 0 N–H and O–H groups in total. The summed E-state index contributed by atoms with van der Waals surface area (Å²) in [5, 5.41) is 0. The van der Waals surface area contributed by atoms with E-state index < -0.39 is 17.5 Å². The summed E-state index contributed by atoms with van der Waals surface area (Å²) in [7, 11) is 0. The van der Waals surface area contributed by atoms with Crippen molar-refractivity contribution in [2.45, 2.75) is 73.5 Å². The molecule has 37 heavy (non-hydrogen) atoms. The zero-order valence-corrected chi connectivity index (χ0v) is 22.9. The van der Waals surface area contributed by atoms with Crippen molar-refractivity contribution in [1.82, 2.24) is 19.4 Å². The van der Waals surface area contributed by atoms with E-state index in [9.17, 15) is 13.6 Å². The first-order chi connectivity index (χ1) is 17.6. The molecule has 1 fully saturated rings. The molecule has 0 spiro atoms. The van der Waals surface area contributed by atoms with Gasteiger partial charge in [0, 0.05) is 26.2 Å². The van der Waals surface area contributed by atoms with Crippen molar-refractivity contribution < 1.29 is 13.6 Å². The Kier molecular flexibility index (Phi) is 8.32. The summed E-state index contributed by atoms with van der Waals surface area (Å²) in [4.78, 5) is 22.4. The van der Waals surface area contributed by atoms with Crippen LogP contribution in [-0.2, 0) is 19.6 Å². The predicted molar refractivity (Wildman–Crippen MR) is 144 cm³/mol. The van der Waals surface area contributed by atoms with Gasteiger partial charge in [0.1, 0.15) is 17.5 Å². The lowest BCUT2D eigenvalue weighted by Crippen LogP contribution is -2.39. The van der Waals surface area contributed by atoms with E-state index in [0.717, 1.165) is 67.7 Å². The molecular weight excluding hydrogens is 470 g/mol. The van der Waals surface area contributed by atoms with Crippen molar-refractivity contribution in [3.8, 4) is 0 Å². The van der Waals surface area contributed by atoms with Crippen molar-refractivity contribution in [1.29, 1.82) is 0 Å². The Balaban J connectivity index is 1.64. The number of fused-ring (bicyclic) bond motifs is 1. The highest BCUT2D eigenvalue weighted by molar-refractivity contribution is 5.94. The first-order valence-corrected chi connectivity index (χ1v) is 13.5. The van der Waals surface area contributed by atoms with Gasteiger partial charge in [-0.3, -0.25) is 9.69 Å². The fourth-order valence-corrected chi connectivity index (χ4v) is 5.52. The normalized spacial score (nSPS) is 16.0. The van der Waals surface area contributed by atoms with E-state index in [1.165, 1.54) is 18.4 Å². The Morgan fingerprint density at radius 1 is 1.16 bits per heavy atom. The minimum atomic E-state index is -0.715. The number of carbonyl (C=O) groups is 1. The Labute approximate surface area is 219 Å². The van der Waals surface area contributed by atoms with Crippen molar-refractivity contribution in [3.05, 3.63) is 65.0 Å². The number of hydrogen-bond donors (Lipinski definition) is 0. The monoisotopic (exact) mass is 510 g/mol. The van der Waals surface area contributed by atoms with Gasteiger partial charge >= 0.3 is 0 Å². The van der Waals surface area contributed by atoms with Gasteiger partial charge in [0.05, 0.1) is 23.1 Å². The van der Waals surface area contributed by atoms with Gasteiger partial charge in [-0.15, -0.1) is 0 Å². The number of hydrogen-bond acceptors (Lipinski definition) is 3. The van der Waals surface area contributed by atoms with E-state index in [0.29, 0.717) is 12.0 Å². The summed E-state index contributed by atoms with van der Waals surface area (Å²) in [5.74, 6) is -0.942. The molecule has 0 aliphatic carbocycles. The maximum Gasteiger partial charge on any atom is 0.257 e. The maximum absolute atomic E-state index is 14.5. The SMILES string of the molecule is CCCn1c(CN(CC(C)C)C(=O)c2cc(F)ccc2F)nc2cc(CN3CCCC(C)(C)C3)ccc21. The Hall–Kier alpha value is -2.80. The van der Waals surface area contributed by atoms with Gasteiger partial charge in [-0.05, 0) is 73.0 Å². The lowest BCUT2D eigenvalue weighted by atomic mass is 9.84. The zero-order valence-electron chi connectivity index (χ0n) is 22.9. The number of aromatic nitrogens is 2. The molecule has 0 saturated carbocycles. The second kappa shape index (κ2) is 11.3. The highest BCUT2D eigenvalue weighted by Crippen LogP contribution is 2.30. The van der Waals surface area contributed by atoms with Gasteiger partial charge in [0.2, 0.25) is 0 Å². The molecule has 0 atom stereocenters. The predicted octanol–water partition coefficient (Wildman–Crippen LogP) is 6.64. The summed E-state index contributed by atoms with van der Waals surface area (Å²) in [6.45, 7) is 15.3. The highest BCUT2D eigenvalue weighted by atomic mass is 19.1. The van der Waals surface area contributed by atoms with Crippen LogP contribution < -0.4 is 0 Å². The fraction of sp³-hybridized carbons (Fsp3) is 0.533. The van der Waals surface area contributed by atoms with Gasteiger partial charge in [0.25, 0.3) is 5.91 Å². The molecule has 1 aliphatic rings. The molecule has 0 bridgehead atoms. The average molecular weight is 511 g/mol. The Morgan fingerprint density at radius 2 is 1.95 bits per heavy atom. The molecule has 2 aromatic carbocycles. The van der Waals surface area contributed by atoms with Gasteiger partial charge in [-0.25, -0.2) is 13.8 Å². The summed E-state index contributed by atoms with van der Waals surface area (Å²) < 4.78 is 30.5. The number of aryl methyl sites for hydroxylation is 1. The van der Waals surface area contributed by atoms with Crippen LogP contribution in [0.15, 0.2) is 36.4 Å². The topological polar surface area (TPSA) is 41.4 Å². The quantitative estimate of drug-likeness (QED) is 0.324. The summed E-state index contributed by atoms with van der Waals surface area (Å²) in [6.07, 6.45) is 3.40. The molecule has 0 unspecified atom stereocenters. The third-order valence-corrected chi connectivity index (χ3v) is 7.09. The number of nitrogens with zero attached hydrogens (tertiary/aromatic N) is 4. The number of amides is 1. The number of imidazole rings is 1. The first-order valence-electron chi connectivity index (χ1n) is 13.5. The van der Waals surface area contributed by atoms with Crippen LogP contribution in [0, 0.1) is 23.0 Å². The number of carbonyl (C=O) groups excluding carboxylic acids is 1. The third kappa shape index (κ3) is 6.56. The van der Waals surface area contributed by atoms with Crippen LogP contribution in [0.2, 0.25) is 0 Å². The summed E-state index contributed by atoms with van der Waals surface area (Å²) in [5.41, 5.74) is 3.27. The molecule has 0 radical (unpaired) electrons. The highest BCUT2D eigenvalue weighted by Gasteiger charge is 2.27. The Bertz CT molecular complexity index is 1250. The van der Waals surface area contributed by atoms with Gasteiger partial charge in [-0.1, -0.05) is 40.7 Å². The molecule has 1 amide bonds. The van der Waals surface area contributed by atoms with Crippen LogP contribution in [0.1, 0.15) is 75.6 Å². The van der Waals surface area contributed by atoms with E-state index in [2.05, 4.69) is 48.4 Å². The molecule has 1 aliphatic heterocycles. The molecule has 1 aromatic heterocycles. The van der Waals surface area contributed by atoms with Gasteiger partial charge in [0.15, 0.2) is 0 Å². The molecule has 5 nitrogen and oxygen atoms in total. The fourth-order valence-electron chi connectivity index (χ4n) is 5.52. The molecule has 3 aromatic rings. The second-order valence-corrected chi connectivity index (χ2v) is 11.7. The van der Waals surface area contributed by atoms with E-state index in [-0.39, 0.29) is 18.0 Å². The first kappa shape index (κ1) is 27.2. The van der Waals surface area contributed by atoms with Crippen LogP contribution in [0.3, 0.4) is 0 Å². The molecule has 7 heteroatoms. The number of halogens is 2. The number of rotatable bonds is 9. The molecule has 4 rings (SSSR count).